The molecule has 23 nitrogen and oxygen atoms in total. The third kappa shape index (κ3) is 60.7. The van der Waals surface area contributed by atoms with Gasteiger partial charge < -0.3 is 50.0 Å². The van der Waals surface area contributed by atoms with E-state index < -0.39 is 13.9 Å². The Kier molecular flexibility index (Phi) is 68.0. The Morgan fingerprint density at radius 2 is 0.620 bits per heavy atom. The van der Waals surface area contributed by atoms with Crippen molar-refractivity contribution in [1.29, 1.82) is 0 Å². The number of aromatic nitrogens is 16. The zero-order valence-corrected chi connectivity index (χ0v) is 95.3. The Balaban J connectivity index is 0.00000152. The first-order valence-corrected chi connectivity index (χ1v) is 53.1. The minimum atomic E-state index is -4.45. The Morgan fingerprint density at radius 3 is 0.866 bits per heavy atom. The largest absolute Gasteiger partial charge is 0.469 e. The van der Waals surface area contributed by atoms with Crippen LogP contribution >= 0.6 is 7.82 Å². The zero-order chi connectivity index (χ0) is 108. The summed E-state index contributed by atoms with van der Waals surface area (Å²) in [6.07, 6.45) is 9.93. The monoisotopic (exact) mass is 1980 g/mol. The van der Waals surface area contributed by atoms with Crippen molar-refractivity contribution < 1.29 is 43.3 Å². The number of aliphatic hydroxyl groups excluding tert-OH is 3. The first-order valence-electron chi connectivity index (χ1n) is 51.6. The van der Waals surface area contributed by atoms with Crippen molar-refractivity contribution in [2.24, 2.45) is 55.5 Å². The van der Waals surface area contributed by atoms with E-state index in [4.69, 9.17) is 14.9 Å². The highest BCUT2D eigenvalue weighted by Crippen LogP contribution is 2.40. The number of para-hydroxylation sites is 10. The molecule has 7 heterocycles. The molecule has 0 bridgehead atoms. The minimum Gasteiger partial charge on any atom is -0.393 e. The number of aryl methyl sites for hydroxylation is 4. The fourth-order valence-electron chi connectivity index (χ4n) is 12.3. The van der Waals surface area contributed by atoms with Crippen LogP contribution < -0.4 is 9.13 Å². The quantitative estimate of drug-likeness (QED) is 0.0266. The fraction of sp³-hybridized carbons (Fsp3) is 0.517. The van der Waals surface area contributed by atoms with Gasteiger partial charge in [-0.1, -0.05) is 366 Å². The highest BCUT2D eigenvalue weighted by atomic mass is 31.2. The van der Waals surface area contributed by atoms with Gasteiger partial charge in [0.15, 0.2) is 0 Å². The summed E-state index contributed by atoms with van der Waals surface area (Å²) in [5, 5.41) is 35.9. The number of hydrogen-bond acceptors (Lipinski definition) is 12. The summed E-state index contributed by atoms with van der Waals surface area (Å²) in [4.78, 5) is 55.8. The lowest BCUT2D eigenvalue weighted by molar-refractivity contribution is -0.672. The molecule has 15 rings (SSSR count). The van der Waals surface area contributed by atoms with E-state index in [2.05, 4.69) is 330 Å². The molecule has 3 unspecified atom stereocenters. The van der Waals surface area contributed by atoms with Gasteiger partial charge in [-0.3, -0.25) is 4.52 Å². The first kappa shape index (κ1) is 131. The normalized spacial score (nSPS) is 12.2. The van der Waals surface area contributed by atoms with Crippen molar-refractivity contribution in [3.63, 3.8) is 0 Å². The highest BCUT2D eigenvalue weighted by Gasteiger charge is 2.30. The maximum absolute atomic E-state index is 10.7. The van der Waals surface area contributed by atoms with Crippen LogP contribution in [0.15, 0.2) is 238 Å². The Hall–Kier alpha value is -10.6. The van der Waals surface area contributed by atoms with Gasteiger partial charge in [-0.15, -0.1) is 9.36 Å². The van der Waals surface area contributed by atoms with Crippen molar-refractivity contribution in [2.45, 2.75) is 347 Å². The van der Waals surface area contributed by atoms with Crippen molar-refractivity contribution >= 4 is 63.0 Å². The number of nitrogens with zero attached hydrogens (tertiary/aromatic N) is 11. The number of phosphoric acid groups is 1. The Bertz CT molecular complexity index is 5300. The molecule has 0 aliphatic heterocycles. The van der Waals surface area contributed by atoms with Gasteiger partial charge in [0.05, 0.1) is 87.6 Å². The topological polar surface area (TPSA) is 314 Å². The molecule has 15 aromatic rings. The van der Waals surface area contributed by atoms with E-state index in [1.807, 2.05) is 193 Å². The van der Waals surface area contributed by atoms with Crippen LogP contribution in [0.1, 0.15) is 349 Å². The molecule has 8 aromatic carbocycles. The van der Waals surface area contributed by atoms with Crippen LogP contribution in [0.25, 0.3) is 55.2 Å². The number of H-pyrrole nitrogens is 5. The minimum absolute atomic E-state index is 0.0891. The van der Waals surface area contributed by atoms with Crippen molar-refractivity contribution in [2.75, 3.05) is 0 Å². The molecule has 0 saturated heterocycles. The van der Waals surface area contributed by atoms with E-state index in [0.29, 0.717) is 41.9 Å². The summed E-state index contributed by atoms with van der Waals surface area (Å²) in [5.41, 5.74) is 15.0. The molecule has 0 aliphatic rings. The molecule has 0 saturated carbocycles. The van der Waals surface area contributed by atoms with Crippen LogP contribution in [-0.2, 0) is 36.0 Å². The number of aliphatic hydroxyl groups is 3. The predicted molar refractivity (Wildman–Crippen MR) is 602 cm³/mol. The molecule has 0 spiro atoms. The van der Waals surface area contributed by atoms with Gasteiger partial charge in [0.1, 0.15) is 47.3 Å². The van der Waals surface area contributed by atoms with E-state index in [9.17, 15) is 14.8 Å². The maximum Gasteiger partial charge on any atom is 0.469 e. The van der Waals surface area contributed by atoms with Crippen LogP contribution in [-0.4, -0.2) is 119 Å². The van der Waals surface area contributed by atoms with Gasteiger partial charge in [0.2, 0.25) is 12.7 Å². The summed E-state index contributed by atoms with van der Waals surface area (Å²) in [5.74, 6) is 12.8. The highest BCUT2D eigenvalue weighted by molar-refractivity contribution is 7.46. The molecule has 7 aromatic heterocycles. The number of rotatable bonds is 19. The molecule has 7 atom stereocenters. The number of phosphoric ester groups is 1. The third-order valence-corrected chi connectivity index (χ3v) is 20.3. The number of nitrogens with one attached hydrogen (secondary N) is 5. The first-order chi connectivity index (χ1) is 66.7. The molecule has 0 radical (unpaired) electrons. The average Bonchev–Trinajstić information content (AvgIpc) is 1.68. The molecule has 0 aliphatic carbocycles. The standard InChI is InChI=1S/C12H16N2O.C11H14N2.C10H12N2.C9H10N2.3C9H12.C8H16N3O4P.C8H16N3O.C8H8N2.C5H12O.5C4H10/c1-3-9(8(2)15)12-13-10-6-4-5-7-11(10)14-12;1-8(2)7-11-12-9-5-3-4-6-10(9)13-11;1-7(2)10-11-8-5-3-4-6-9(8)12-10;1-2-9-10-7-5-3-4-6-8(7)11-9;3*1-8(2)9-6-4-3-5-7-9;1-4-8(7(2)15-16(12,13)14)11-6-10(3)5-9-11;1-4-8(7(2)12)11-6-10(3)5-9-11;1-6-9-7-4-2-3-5-8(7)10-6;1-4(2)5(3)6;5*1-4(2)3/h4-9,15H,3H2,1-2H3,(H,13,14);3-6,8H,7H2,1-2H3,(H,12,13);3-7H,1-2H3,(H,11,12);3-6H,2H2,1H3,(H,10,11);3*3-8H,1-2H3;5-8H,4H2,1-3H3,(H-,12,13,14);5-8,12H,4H2,1-3H3;2-5H,1H3,(H,9,10);4-6H,1-3H3;5*4H,1-3H3/q;;;;;;;;+1;;;;;;;/p+1/t;;;;;;;2*7-,8+;;;;;;;/m.......11......./s1. The fourth-order valence-corrected chi connectivity index (χ4v) is 12.9. The summed E-state index contributed by atoms with van der Waals surface area (Å²) in [6, 6.07) is 71.7. The summed E-state index contributed by atoms with van der Waals surface area (Å²) in [7, 11) is -0.711. The predicted octanol–water partition coefficient (Wildman–Crippen LogP) is 29.8. The second-order valence-corrected chi connectivity index (χ2v) is 42.2. The molecule has 142 heavy (non-hydrogen) atoms. The summed E-state index contributed by atoms with van der Waals surface area (Å²) >= 11 is 0. The number of imidazole rings is 5. The van der Waals surface area contributed by atoms with Crippen LogP contribution in [0.3, 0.4) is 0 Å². The van der Waals surface area contributed by atoms with E-state index in [0.717, 1.165) is 140 Å². The Morgan fingerprint density at radius 1 is 0.338 bits per heavy atom. The van der Waals surface area contributed by atoms with E-state index >= 15 is 0 Å². The lowest BCUT2D eigenvalue weighted by atomic mass is 10.0. The number of fused-ring (bicyclic) bond motifs is 5. The van der Waals surface area contributed by atoms with Crippen molar-refractivity contribution in [1.82, 2.24) is 69.4 Å². The van der Waals surface area contributed by atoms with E-state index in [-0.39, 0.29) is 36.3 Å². The smallest absolute Gasteiger partial charge is 0.393 e. The van der Waals surface area contributed by atoms with Gasteiger partial charge in [-0.05, 0) is 190 Å². The van der Waals surface area contributed by atoms with Crippen LogP contribution in [0.2, 0.25) is 0 Å². The third-order valence-electron chi connectivity index (χ3n) is 19.7. The van der Waals surface area contributed by atoms with Gasteiger partial charge in [0.25, 0.3) is 12.7 Å². The van der Waals surface area contributed by atoms with Crippen LogP contribution in [0, 0.1) is 48.3 Å². The molecule has 0 fully saturated rings. The lowest BCUT2D eigenvalue weighted by Crippen LogP contribution is -2.27. The van der Waals surface area contributed by atoms with Gasteiger partial charge in [-0.2, -0.15) is 0 Å². The number of hydrogen-bond donors (Lipinski definition) is 10. The van der Waals surface area contributed by atoms with Crippen molar-refractivity contribution in [3.05, 3.63) is 283 Å². The SMILES string of the molecule is CC(C)C.CC(C)C.CC(C)C.CC(C)C.CC(C)C.CC(C)C(C)O.CC(C)Cc1nc2ccccc2[nH]1.CC(C)c1ccccc1.CC(C)c1ccccc1.CC(C)c1ccccc1.CC(C)c1nc2ccccc2[nH]1.CCC(c1nc2ccccc2[nH]1)C(C)O.CC[C@@H]([C@@H](C)O)n1c[n+](C)cn1.CC[C@@H]([C@@H](C)OP(=O)(O)O)n1c[n+](C)cn1.CCc1nc2ccccc2[nH]1.Cc1nc2ccccc2[nH]1. The Labute approximate surface area is 857 Å². The molecular weight excluding hydrogens is 1780 g/mol. The van der Waals surface area contributed by atoms with Crippen LogP contribution in [0.4, 0.5) is 0 Å². The number of aromatic amines is 5. The maximum atomic E-state index is 10.7. The number of benzene rings is 8. The lowest BCUT2D eigenvalue weighted by Gasteiger charge is -2.18. The van der Waals surface area contributed by atoms with E-state index in [1.165, 1.54) is 16.7 Å². The molecular formula is C118H191N16O7P+2. The second kappa shape index (κ2) is 73.4. The summed E-state index contributed by atoms with van der Waals surface area (Å²) < 4.78 is 22.4. The molecule has 0 amide bonds. The second-order valence-electron chi connectivity index (χ2n) is 41.0. The summed E-state index contributed by atoms with van der Waals surface area (Å²) in [6.45, 7) is 75.5. The zero-order valence-electron chi connectivity index (χ0n) is 94.4. The van der Waals surface area contributed by atoms with Gasteiger partial charge in [0, 0.05) is 34.9 Å². The molecule has 10 N–H and O–H groups in total. The van der Waals surface area contributed by atoms with Gasteiger partial charge >= 0.3 is 7.82 Å². The van der Waals surface area contributed by atoms with Crippen LogP contribution in [0.5, 0.6) is 0 Å². The van der Waals surface area contributed by atoms with Crippen molar-refractivity contribution in [3.8, 4) is 0 Å². The van der Waals surface area contributed by atoms with E-state index in [1.54, 1.807) is 60.6 Å². The van der Waals surface area contributed by atoms with Gasteiger partial charge in [-0.25, -0.2) is 38.6 Å². The average molecular weight is 1980 g/mol. The molecule has 24 heteroatoms. The molecule has 788 valence electrons.